The minimum Gasteiger partial charge on any atom is -0.493 e. The Morgan fingerprint density at radius 3 is 2.73 bits per heavy atom. The molecular formula is C23H19FN4O4S. The number of halogens is 1. The monoisotopic (exact) mass is 466 g/mol. The van der Waals surface area contributed by atoms with Crippen LogP contribution in [0.5, 0.6) is 11.6 Å². The van der Waals surface area contributed by atoms with Crippen LogP contribution in [0.25, 0.3) is 21.3 Å². The van der Waals surface area contributed by atoms with Crippen LogP contribution in [0.2, 0.25) is 0 Å². The number of hydrazine groups is 1. The lowest BCUT2D eigenvalue weighted by Crippen LogP contribution is -2.36. The maximum atomic E-state index is 13.3. The predicted molar refractivity (Wildman–Crippen MR) is 122 cm³/mol. The Labute approximate surface area is 192 Å². The van der Waals surface area contributed by atoms with Crippen molar-refractivity contribution in [2.75, 3.05) is 13.2 Å². The van der Waals surface area contributed by atoms with Crippen LogP contribution >= 0.6 is 11.3 Å². The molecule has 8 nitrogen and oxygen atoms in total. The smallest absolute Gasteiger partial charge is 0.269 e. The molecule has 4 rings (SSSR count). The van der Waals surface area contributed by atoms with Crippen LogP contribution in [-0.2, 0) is 4.79 Å². The van der Waals surface area contributed by atoms with Crippen molar-refractivity contribution in [1.82, 2.24) is 20.8 Å². The fourth-order valence-corrected chi connectivity index (χ4v) is 4.02. The summed E-state index contributed by atoms with van der Waals surface area (Å²) in [6, 6.07) is 12.9. The van der Waals surface area contributed by atoms with Gasteiger partial charge in [0, 0.05) is 22.9 Å². The van der Waals surface area contributed by atoms with Gasteiger partial charge in [-0.3, -0.25) is 20.4 Å². The number of fused-ring (bicyclic) bond motifs is 1. The number of nitrogens with one attached hydrogen (secondary N) is 2. The summed E-state index contributed by atoms with van der Waals surface area (Å²) in [6.45, 7) is 0.717. The minimum absolute atomic E-state index is 0.296. The van der Waals surface area contributed by atoms with Crippen molar-refractivity contribution < 1.29 is 23.5 Å². The van der Waals surface area contributed by atoms with E-state index in [9.17, 15) is 14.0 Å². The number of thiophene rings is 1. The Balaban J connectivity index is 1.35. The molecule has 0 aliphatic heterocycles. The maximum absolute atomic E-state index is 13.3. The van der Waals surface area contributed by atoms with Crippen molar-refractivity contribution in [2.45, 2.75) is 6.42 Å². The number of carbonyl (C=O) groups excluding carboxylic acids is 2. The van der Waals surface area contributed by atoms with Gasteiger partial charge >= 0.3 is 0 Å². The van der Waals surface area contributed by atoms with E-state index in [1.807, 2.05) is 5.38 Å². The van der Waals surface area contributed by atoms with E-state index in [0.29, 0.717) is 43.2 Å². The third-order valence-corrected chi connectivity index (χ3v) is 5.51. The molecule has 168 valence electrons. The lowest BCUT2D eigenvalue weighted by Gasteiger charge is -2.10. The lowest BCUT2D eigenvalue weighted by atomic mass is 10.1. The van der Waals surface area contributed by atoms with E-state index in [-0.39, 0.29) is 5.82 Å². The first-order valence-corrected chi connectivity index (χ1v) is 10.9. The van der Waals surface area contributed by atoms with Gasteiger partial charge in [-0.2, -0.15) is 0 Å². The highest BCUT2D eigenvalue weighted by molar-refractivity contribution is 7.17. The Bertz CT molecular complexity index is 1260. The van der Waals surface area contributed by atoms with Crippen LogP contribution in [0.3, 0.4) is 0 Å². The third-order valence-electron chi connectivity index (χ3n) is 4.63. The summed E-state index contributed by atoms with van der Waals surface area (Å²) in [7, 11) is 0. The van der Waals surface area contributed by atoms with Crippen LogP contribution in [0, 0.1) is 5.82 Å². The number of benzene rings is 2. The second-order valence-electron chi connectivity index (χ2n) is 6.81. The van der Waals surface area contributed by atoms with Crippen molar-refractivity contribution in [1.29, 1.82) is 0 Å². The Morgan fingerprint density at radius 2 is 1.91 bits per heavy atom. The first-order valence-electron chi connectivity index (χ1n) is 9.99. The average molecular weight is 466 g/mol. The van der Waals surface area contributed by atoms with E-state index in [1.54, 1.807) is 36.4 Å². The van der Waals surface area contributed by atoms with Gasteiger partial charge in [0.1, 0.15) is 22.7 Å². The molecule has 4 aromatic rings. The second-order valence-corrected chi connectivity index (χ2v) is 7.67. The quantitative estimate of drug-likeness (QED) is 0.210. The van der Waals surface area contributed by atoms with Gasteiger partial charge < -0.3 is 9.47 Å². The van der Waals surface area contributed by atoms with Crippen molar-refractivity contribution in [3.05, 3.63) is 71.6 Å². The molecule has 0 radical (unpaired) electrons. The summed E-state index contributed by atoms with van der Waals surface area (Å²) in [5.74, 6) is 0.239. The van der Waals surface area contributed by atoms with Gasteiger partial charge in [0.15, 0.2) is 0 Å². The van der Waals surface area contributed by atoms with Crippen LogP contribution in [0.1, 0.15) is 16.8 Å². The molecule has 0 aliphatic carbocycles. The molecule has 2 aromatic carbocycles. The van der Waals surface area contributed by atoms with Crippen molar-refractivity contribution in [3.63, 3.8) is 0 Å². The second kappa shape index (κ2) is 10.5. The lowest BCUT2D eigenvalue weighted by molar-refractivity contribution is -0.110. The number of aromatic nitrogens is 2. The number of hydrogen-bond donors (Lipinski definition) is 2. The summed E-state index contributed by atoms with van der Waals surface area (Å²) in [5, 5.41) is 2.74. The SMILES string of the molecule is O=CNNC(=O)c1cccc(OCCCOc2ncnc3scc(-c4ccc(F)cc4)c23)c1. The van der Waals surface area contributed by atoms with Gasteiger partial charge in [-0.25, -0.2) is 14.4 Å². The highest BCUT2D eigenvalue weighted by atomic mass is 32.1. The maximum Gasteiger partial charge on any atom is 0.269 e. The first-order chi connectivity index (χ1) is 16.2. The molecule has 33 heavy (non-hydrogen) atoms. The van der Waals surface area contributed by atoms with Gasteiger partial charge in [-0.1, -0.05) is 18.2 Å². The standard InChI is InChI=1S/C23H19FN4O4S/c24-17-7-5-15(6-8-17)19-12-33-23-20(19)22(25-13-26-23)32-10-2-9-31-18-4-1-3-16(11-18)21(30)28-27-14-29/h1,3-8,11-14H,2,9-10H2,(H,27,29)(H,28,30). The number of hydrogen-bond acceptors (Lipinski definition) is 7. The fourth-order valence-electron chi connectivity index (χ4n) is 3.11. The van der Waals surface area contributed by atoms with E-state index in [2.05, 4.69) is 20.8 Å². The largest absolute Gasteiger partial charge is 0.493 e. The molecule has 0 unspecified atom stereocenters. The number of nitrogens with zero attached hydrogens (tertiary/aromatic N) is 2. The molecule has 2 amide bonds. The molecule has 0 saturated carbocycles. The fraction of sp³-hybridized carbons (Fsp3) is 0.130. The van der Waals surface area contributed by atoms with Crippen molar-refractivity contribution >= 4 is 33.9 Å². The average Bonchev–Trinajstić information content (AvgIpc) is 3.28. The highest BCUT2D eigenvalue weighted by Crippen LogP contribution is 2.37. The highest BCUT2D eigenvalue weighted by Gasteiger charge is 2.14. The zero-order valence-corrected chi connectivity index (χ0v) is 18.1. The van der Waals surface area contributed by atoms with E-state index in [4.69, 9.17) is 9.47 Å². The Kier molecular flexibility index (Phi) is 7.06. The van der Waals surface area contributed by atoms with Crippen LogP contribution in [0.15, 0.2) is 60.2 Å². The molecule has 0 spiro atoms. The van der Waals surface area contributed by atoms with Gasteiger partial charge in [-0.05, 0) is 35.9 Å². The molecule has 2 N–H and O–H groups in total. The number of amides is 2. The van der Waals surface area contributed by atoms with Crippen LogP contribution < -0.4 is 20.3 Å². The van der Waals surface area contributed by atoms with Gasteiger partial charge in [0.2, 0.25) is 12.3 Å². The van der Waals surface area contributed by atoms with Crippen molar-refractivity contribution in [2.24, 2.45) is 0 Å². The molecule has 0 bridgehead atoms. The van der Waals surface area contributed by atoms with Crippen molar-refractivity contribution in [3.8, 4) is 22.8 Å². The molecule has 0 saturated heterocycles. The Morgan fingerprint density at radius 1 is 1.09 bits per heavy atom. The third kappa shape index (κ3) is 5.42. The van der Waals surface area contributed by atoms with Crippen LogP contribution in [-0.4, -0.2) is 35.5 Å². The minimum atomic E-state index is -0.448. The molecule has 0 fully saturated rings. The van der Waals surface area contributed by atoms with Gasteiger partial charge in [-0.15, -0.1) is 11.3 Å². The number of rotatable bonds is 10. The summed E-state index contributed by atoms with van der Waals surface area (Å²) < 4.78 is 24.9. The van der Waals surface area contributed by atoms with E-state index in [0.717, 1.165) is 21.3 Å². The topological polar surface area (TPSA) is 102 Å². The summed E-state index contributed by atoms with van der Waals surface area (Å²) in [5.41, 5.74) is 6.45. The molecule has 10 heteroatoms. The summed E-state index contributed by atoms with van der Waals surface area (Å²) in [4.78, 5) is 31.5. The molecule has 0 aliphatic rings. The van der Waals surface area contributed by atoms with Crippen LogP contribution in [0.4, 0.5) is 4.39 Å². The molecule has 2 heterocycles. The van der Waals surface area contributed by atoms with Gasteiger partial charge in [0.05, 0.1) is 18.6 Å². The normalized spacial score (nSPS) is 10.6. The van der Waals surface area contributed by atoms with E-state index >= 15 is 0 Å². The van der Waals surface area contributed by atoms with E-state index < -0.39 is 5.91 Å². The summed E-state index contributed by atoms with van der Waals surface area (Å²) >= 11 is 1.47. The molecule has 2 aromatic heterocycles. The molecular weight excluding hydrogens is 447 g/mol. The zero-order valence-electron chi connectivity index (χ0n) is 17.3. The Hall–Kier alpha value is -4.05. The van der Waals surface area contributed by atoms with Gasteiger partial charge in [0.25, 0.3) is 5.91 Å². The number of carbonyl (C=O) groups is 2. The first kappa shape index (κ1) is 22.2. The number of ether oxygens (including phenoxy) is 2. The zero-order chi connectivity index (χ0) is 23.0. The summed E-state index contributed by atoms with van der Waals surface area (Å²) in [6.07, 6.45) is 2.40. The van der Waals surface area contributed by atoms with E-state index in [1.165, 1.54) is 29.8 Å². The predicted octanol–water partition coefficient (Wildman–Crippen LogP) is 3.74. The molecule has 0 atom stereocenters.